The van der Waals surface area contributed by atoms with E-state index in [9.17, 15) is 13.2 Å². The lowest BCUT2D eigenvalue weighted by molar-refractivity contribution is 0.408. The number of methoxy groups -OCH3 is 1. The number of rotatable bonds is 8. The van der Waals surface area contributed by atoms with Crippen LogP contribution in [-0.4, -0.2) is 31.4 Å². The third-order valence-corrected chi connectivity index (χ3v) is 7.77. The maximum absolute atomic E-state index is 13.6. The average molecular weight is 483 g/mol. The molecule has 0 radical (unpaired) electrons. The maximum atomic E-state index is 13.6. The van der Waals surface area contributed by atoms with Gasteiger partial charge in [0.1, 0.15) is 10.6 Å². The van der Waals surface area contributed by atoms with Gasteiger partial charge in [-0.15, -0.1) is 0 Å². The van der Waals surface area contributed by atoms with Crippen molar-refractivity contribution in [2.75, 3.05) is 13.7 Å². The van der Waals surface area contributed by atoms with Gasteiger partial charge in [0.15, 0.2) is 0 Å². The molecule has 33 heavy (non-hydrogen) atoms. The fraction of sp³-hybridized carbons (Fsp3) is 0.160. The van der Waals surface area contributed by atoms with Crippen molar-refractivity contribution in [3.8, 4) is 5.75 Å². The summed E-state index contributed by atoms with van der Waals surface area (Å²) in [5, 5.41) is 0.890. The minimum atomic E-state index is -3.96. The lowest BCUT2D eigenvalue weighted by atomic mass is 10.1. The zero-order valence-corrected chi connectivity index (χ0v) is 19.6. The summed E-state index contributed by atoms with van der Waals surface area (Å²) in [5.74, 6) is 0.644. The van der Waals surface area contributed by atoms with Gasteiger partial charge in [-0.25, -0.2) is 8.42 Å². The van der Waals surface area contributed by atoms with E-state index >= 15 is 0 Å². The molecule has 0 saturated heterocycles. The summed E-state index contributed by atoms with van der Waals surface area (Å²) >= 11 is 6.23. The monoisotopic (exact) mass is 482 g/mol. The van der Waals surface area contributed by atoms with Crippen LogP contribution in [0.5, 0.6) is 5.75 Å². The first-order chi connectivity index (χ1) is 15.9. The molecule has 8 heteroatoms. The fourth-order valence-electron chi connectivity index (χ4n) is 3.64. The largest absolute Gasteiger partial charge is 0.497 e. The number of hydrogen-bond acceptors (Lipinski definition) is 4. The van der Waals surface area contributed by atoms with E-state index in [2.05, 4.69) is 4.98 Å². The van der Waals surface area contributed by atoms with E-state index in [1.807, 2.05) is 30.3 Å². The molecule has 0 saturated carbocycles. The SMILES string of the molecule is COc1ccc2[nH]c(=O)c(CN(CCc3ccccc3)S(=O)(=O)c3ccccc3Cl)cc2c1. The molecule has 1 heterocycles. The van der Waals surface area contributed by atoms with Gasteiger partial charge in [0.25, 0.3) is 5.56 Å². The number of aromatic amines is 1. The molecule has 0 fully saturated rings. The molecule has 6 nitrogen and oxygen atoms in total. The number of pyridine rings is 1. The number of sulfonamides is 1. The Morgan fingerprint density at radius 2 is 1.70 bits per heavy atom. The number of nitrogens with zero attached hydrogens (tertiary/aromatic N) is 1. The van der Waals surface area contributed by atoms with Crippen molar-refractivity contribution in [2.24, 2.45) is 0 Å². The van der Waals surface area contributed by atoms with Crippen molar-refractivity contribution in [3.63, 3.8) is 0 Å². The van der Waals surface area contributed by atoms with Crippen LogP contribution in [0.4, 0.5) is 0 Å². The molecule has 0 spiro atoms. The molecular weight excluding hydrogens is 460 g/mol. The number of halogens is 1. The van der Waals surface area contributed by atoms with Crippen LogP contribution >= 0.6 is 11.6 Å². The molecule has 0 aliphatic rings. The average Bonchev–Trinajstić information content (AvgIpc) is 2.82. The normalized spacial score (nSPS) is 11.7. The summed E-state index contributed by atoms with van der Waals surface area (Å²) in [4.78, 5) is 15.6. The smallest absolute Gasteiger partial charge is 0.252 e. The summed E-state index contributed by atoms with van der Waals surface area (Å²) < 4.78 is 33.7. The van der Waals surface area contributed by atoms with Gasteiger partial charge in [-0.3, -0.25) is 4.79 Å². The first-order valence-corrected chi connectivity index (χ1v) is 12.2. The lowest BCUT2D eigenvalue weighted by Gasteiger charge is -2.23. The summed E-state index contributed by atoms with van der Waals surface area (Å²) in [6.45, 7) is 0.0933. The van der Waals surface area contributed by atoms with Crippen LogP contribution in [0, 0.1) is 0 Å². The molecule has 1 N–H and O–H groups in total. The molecule has 4 rings (SSSR count). The highest BCUT2D eigenvalue weighted by molar-refractivity contribution is 7.89. The van der Waals surface area contributed by atoms with Crippen molar-refractivity contribution in [3.05, 3.63) is 105 Å². The molecule has 4 aromatic rings. The highest BCUT2D eigenvalue weighted by Gasteiger charge is 2.27. The number of hydrogen-bond donors (Lipinski definition) is 1. The molecule has 0 bridgehead atoms. The van der Waals surface area contributed by atoms with E-state index in [1.54, 1.807) is 49.6 Å². The summed E-state index contributed by atoms with van der Waals surface area (Å²) in [6.07, 6.45) is 0.490. The molecule has 0 atom stereocenters. The third-order valence-electron chi connectivity index (χ3n) is 5.42. The Hall–Kier alpha value is -3.13. The number of nitrogens with one attached hydrogen (secondary N) is 1. The number of ether oxygens (including phenoxy) is 1. The number of aromatic nitrogens is 1. The van der Waals surface area contributed by atoms with Crippen molar-refractivity contribution in [1.82, 2.24) is 9.29 Å². The van der Waals surface area contributed by atoms with Crippen LogP contribution in [0.3, 0.4) is 0 Å². The quantitative estimate of drug-likeness (QED) is 0.397. The standard InChI is InChI=1S/C25H23ClN2O4S/c1-32-21-11-12-23-19(16-21)15-20(25(29)27-23)17-28(14-13-18-7-3-2-4-8-18)33(30,31)24-10-6-5-9-22(24)26/h2-12,15-16H,13-14,17H2,1H3,(H,27,29). The zero-order valence-electron chi connectivity index (χ0n) is 18.0. The van der Waals surface area contributed by atoms with E-state index < -0.39 is 10.0 Å². The lowest BCUT2D eigenvalue weighted by Crippen LogP contribution is -2.34. The van der Waals surface area contributed by atoms with Gasteiger partial charge in [-0.1, -0.05) is 54.1 Å². The first kappa shape index (κ1) is 23.0. The minimum absolute atomic E-state index is 0.0126. The van der Waals surface area contributed by atoms with Crippen LogP contribution in [0.25, 0.3) is 10.9 Å². The number of H-pyrrole nitrogens is 1. The second-order valence-electron chi connectivity index (χ2n) is 7.58. The zero-order chi connectivity index (χ0) is 23.4. The predicted octanol–water partition coefficient (Wildman–Crippen LogP) is 4.62. The van der Waals surface area contributed by atoms with Crippen molar-refractivity contribution in [2.45, 2.75) is 17.9 Å². The van der Waals surface area contributed by atoms with Crippen LogP contribution in [0.2, 0.25) is 5.02 Å². The van der Waals surface area contributed by atoms with Crippen LogP contribution in [0.15, 0.2) is 88.6 Å². The predicted molar refractivity (Wildman–Crippen MR) is 130 cm³/mol. The van der Waals surface area contributed by atoms with Crippen molar-refractivity contribution in [1.29, 1.82) is 0 Å². The van der Waals surface area contributed by atoms with E-state index in [4.69, 9.17) is 16.3 Å². The summed E-state index contributed by atoms with van der Waals surface area (Å²) in [5.41, 5.74) is 1.63. The van der Waals surface area contributed by atoms with E-state index in [1.165, 1.54) is 10.4 Å². The van der Waals surface area contributed by atoms with Crippen molar-refractivity contribution < 1.29 is 13.2 Å². The van der Waals surface area contributed by atoms with Gasteiger partial charge < -0.3 is 9.72 Å². The Morgan fingerprint density at radius 1 is 0.970 bits per heavy atom. The minimum Gasteiger partial charge on any atom is -0.497 e. The Kier molecular flexibility index (Phi) is 6.83. The fourth-order valence-corrected chi connectivity index (χ4v) is 5.55. The highest BCUT2D eigenvalue weighted by Crippen LogP contribution is 2.26. The Bertz CT molecular complexity index is 1440. The molecule has 0 unspecified atom stereocenters. The molecule has 1 aromatic heterocycles. The molecular formula is C25H23ClN2O4S. The van der Waals surface area contributed by atoms with E-state index in [0.29, 0.717) is 23.3 Å². The molecule has 170 valence electrons. The second kappa shape index (κ2) is 9.79. The van der Waals surface area contributed by atoms with Gasteiger partial charge in [-0.2, -0.15) is 4.31 Å². The topological polar surface area (TPSA) is 79.5 Å². The number of benzene rings is 3. The summed E-state index contributed by atoms with van der Waals surface area (Å²) in [6, 6.07) is 22.9. The van der Waals surface area contributed by atoms with E-state index in [0.717, 1.165) is 10.9 Å². The maximum Gasteiger partial charge on any atom is 0.252 e. The molecule has 0 amide bonds. The van der Waals surface area contributed by atoms with Gasteiger partial charge >= 0.3 is 0 Å². The van der Waals surface area contributed by atoms with Crippen LogP contribution in [0.1, 0.15) is 11.1 Å². The first-order valence-electron chi connectivity index (χ1n) is 10.4. The highest BCUT2D eigenvalue weighted by atomic mass is 35.5. The van der Waals surface area contributed by atoms with Crippen LogP contribution in [-0.2, 0) is 23.0 Å². The van der Waals surface area contributed by atoms with E-state index in [-0.39, 0.29) is 28.6 Å². The Balaban J connectivity index is 1.74. The third kappa shape index (κ3) is 5.11. The molecule has 3 aromatic carbocycles. The van der Waals surface area contributed by atoms with Crippen molar-refractivity contribution >= 4 is 32.5 Å². The van der Waals surface area contributed by atoms with Gasteiger partial charge in [0.05, 0.1) is 12.1 Å². The molecule has 0 aliphatic heterocycles. The van der Waals surface area contributed by atoms with Gasteiger partial charge in [0, 0.05) is 29.6 Å². The van der Waals surface area contributed by atoms with Gasteiger partial charge in [0.2, 0.25) is 10.0 Å². The van der Waals surface area contributed by atoms with Crippen LogP contribution < -0.4 is 10.3 Å². The Labute approximate surface area is 197 Å². The number of fused-ring (bicyclic) bond motifs is 1. The summed E-state index contributed by atoms with van der Waals surface area (Å²) in [7, 11) is -2.39. The molecule has 0 aliphatic carbocycles. The Morgan fingerprint density at radius 3 is 2.42 bits per heavy atom. The van der Waals surface area contributed by atoms with Gasteiger partial charge in [-0.05, 0) is 48.4 Å². The second-order valence-corrected chi connectivity index (χ2v) is 9.90.